The van der Waals surface area contributed by atoms with Gasteiger partial charge in [-0.3, -0.25) is 0 Å². The number of hydrogen-bond acceptors (Lipinski definition) is 3. The van der Waals surface area contributed by atoms with Gasteiger partial charge in [0.1, 0.15) is 0 Å². The molecule has 1 N–H and O–H groups in total. The third kappa shape index (κ3) is 2.56. The molecular weight excluding hydrogens is 200 g/mol. The second-order valence-corrected chi connectivity index (χ2v) is 5.87. The largest absolute Gasteiger partial charge is 0.386 e. The molecule has 1 aromatic carbocycles. The van der Waals surface area contributed by atoms with E-state index in [-0.39, 0.29) is 4.90 Å². The lowest BCUT2D eigenvalue weighted by Crippen LogP contribution is -2.15. The first-order chi connectivity index (χ1) is 6.21. The van der Waals surface area contributed by atoms with Crippen LogP contribution in [0.3, 0.4) is 0 Å². The molecule has 1 aromatic rings. The molecule has 0 aliphatic rings. The first-order valence-corrected chi connectivity index (χ1v) is 6.13. The maximum Gasteiger partial charge on any atom is 0.175 e. The Kier molecular flexibility index (Phi) is 2.69. The van der Waals surface area contributed by atoms with Crippen molar-refractivity contribution in [2.24, 2.45) is 0 Å². The van der Waals surface area contributed by atoms with Crippen molar-refractivity contribution >= 4 is 9.84 Å². The number of sulfone groups is 1. The fourth-order valence-corrected chi connectivity index (χ4v) is 1.77. The molecule has 0 heterocycles. The Morgan fingerprint density at radius 3 is 2.29 bits per heavy atom. The summed E-state index contributed by atoms with van der Waals surface area (Å²) in [6.07, 6.45) is 1.15. The SMILES string of the molecule is CC(C)(O)c1cccc(S(C)(=O)=O)c1. The quantitative estimate of drug-likeness (QED) is 0.807. The Hall–Kier alpha value is -0.870. The van der Waals surface area contributed by atoms with E-state index < -0.39 is 15.4 Å². The van der Waals surface area contributed by atoms with Crippen molar-refractivity contribution < 1.29 is 13.5 Å². The number of hydrogen-bond donors (Lipinski definition) is 1. The average molecular weight is 214 g/mol. The molecule has 0 saturated carbocycles. The van der Waals surface area contributed by atoms with Gasteiger partial charge in [-0.25, -0.2) is 8.42 Å². The van der Waals surface area contributed by atoms with E-state index >= 15 is 0 Å². The zero-order valence-corrected chi connectivity index (χ0v) is 9.30. The van der Waals surface area contributed by atoms with Crippen LogP contribution in [0.4, 0.5) is 0 Å². The lowest BCUT2D eigenvalue weighted by molar-refractivity contribution is 0.0784. The molecule has 3 nitrogen and oxygen atoms in total. The summed E-state index contributed by atoms with van der Waals surface area (Å²) in [4.78, 5) is 0.233. The van der Waals surface area contributed by atoms with Gasteiger partial charge in [-0.1, -0.05) is 12.1 Å². The molecule has 0 radical (unpaired) electrons. The topological polar surface area (TPSA) is 54.4 Å². The van der Waals surface area contributed by atoms with Crippen molar-refractivity contribution in [2.45, 2.75) is 24.3 Å². The lowest BCUT2D eigenvalue weighted by Gasteiger charge is -2.18. The number of benzene rings is 1. The summed E-state index contributed by atoms with van der Waals surface area (Å²) in [6.45, 7) is 3.24. The first kappa shape index (κ1) is 11.2. The molecule has 0 fully saturated rings. The van der Waals surface area contributed by atoms with Crippen LogP contribution in [0, 0.1) is 0 Å². The molecule has 78 valence electrons. The molecule has 0 aliphatic heterocycles. The third-order valence-electron chi connectivity index (χ3n) is 1.97. The van der Waals surface area contributed by atoms with Gasteiger partial charge in [0, 0.05) is 6.26 Å². The Labute approximate surface area is 84.3 Å². The van der Waals surface area contributed by atoms with Crippen molar-refractivity contribution in [3.63, 3.8) is 0 Å². The zero-order valence-electron chi connectivity index (χ0n) is 8.48. The summed E-state index contributed by atoms with van der Waals surface area (Å²) in [5, 5.41) is 9.68. The predicted molar refractivity (Wildman–Crippen MR) is 54.8 cm³/mol. The van der Waals surface area contributed by atoms with E-state index in [4.69, 9.17) is 0 Å². The van der Waals surface area contributed by atoms with E-state index in [2.05, 4.69) is 0 Å². The van der Waals surface area contributed by atoms with Gasteiger partial charge in [0.2, 0.25) is 0 Å². The monoisotopic (exact) mass is 214 g/mol. The molecule has 0 aliphatic carbocycles. The maximum atomic E-state index is 11.2. The highest BCUT2D eigenvalue weighted by Gasteiger charge is 2.17. The summed E-state index contributed by atoms with van der Waals surface area (Å²) < 4.78 is 22.5. The van der Waals surface area contributed by atoms with Gasteiger partial charge in [-0.2, -0.15) is 0 Å². The summed E-state index contributed by atoms with van der Waals surface area (Å²) in [5.41, 5.74) is -0.416. The van der Waals surface area contributed by atoms with Gasteiger partial charge in [-0.05, 0) is 31.5 Å². The molecule has 0 aromatic heterocycles. The maximum absolute atomic E-state index is 11.2. The molecular formula is C10H14O3S. The highest BCUT2D eigenvalue weighted by Crippen LogP contribution is 2.22. The second-order valence-electron chi connectivity index (χ2n) is 3.86. The Morgan fingerprint density at radius 1 is 1.29 bits per heavy atom. The van der Waals surface area contributed by atoms with Crippen molar-refractivity contribution in [1.82, 2.24) is 0 Å². The Bertz CT molecular complexity index is 427. The minimum absolute atomic E-state index is 0.233. The number of aliphatic hydroxyl groups is 1. The van der Waals surface area contributed by atoms with E-state index in [0.717, 1.165) is 6.26 Å². The van der Waals surface area contributed by atoms with Crippen LogP contribution in [0.15, 0.2) is 29.2 Å². The highest BCUT2D eigenvalue weighted by molar-refractivity contribution is 7.90. The molecule has 0 amide bonds. The Balaban J connectivity index is 3.29. The molecule has 4 heteroatoms. The smallest absolute Gasteiger partial charge is 0.175 e. The summed E-state index contributed by atoms with van der Waals surface area (Å²) in [7, 11) is -3.20. The van der Waals surface area contributed by atoms with Crippen molar-refractivity contribution in [1.29, 1.82) is 0 Å². The van der Waals surface area contributed by atoms with Crippen LogP contribution >= 0.6 is 0 Å². The predicted octanol–water partition coefficient (Wildman–Crippen LogP) is 1.32. The van der Waals surface area contributed by atoms with E-state index in [1.165, 1.54) is 12.1 Å². The van der Waals surface area contributed by atoms with Gasteiger partial charge >= 0.3 is 0 Å². The van der Waals surface area contributed by atoms with Gasteiger partial charge in [0.05, 0.1) is 10.5 Å². The van der Waals surface area contributed by atoms with Crippen LogP contribution in [0.2, 0.25) is 0 Å². The minimum atomic E-state index is -3.20. The average Bonchev–Trinajstić information content (AvgIpc) is 2.01. The van der Waals surface area contributed by atoms with Crippen LogP contribution in [-0.4, -0.2) is 19.8 Å². The van der Waals surface area contributed by atoms with E-state index in [1.54, 1.807) is 26.0 Å². The van der Waals surface area contributed by atoms with E-state index in [1.807, 2.05) is 0 Å². The Morgan fingerprint density at radius 2 is 1.86 bits per heavy atom. The van der Waals surface area contributed by atoms with E-state index in [9.17, 15) is 13.5 Å². The van der Waals surface area contributed by atoms with Crippen LogP contribution in [0.25, 0.3) is 0 Å². The lowest BCUT2D eigenvalue weighted by atomic mass is 9.99. The van der Waals surface area contributed by atoms with Crippen molar-refractivity contribution in [2.75, 3.05) is 6.26 Å². The van der Waals surface area contributed by atoms with Gasteiger partial charge in [-0.15, -0.1) is 0 Å². The van der Waals surface area contributed by atoms with Crippen LogP contribution in [-0.2, 0) is 15.4 Å². The summed E-state index contributed by atoms with van der Waals surface area (Å²) >= 11 is 0. The zero-order chi connectivity index (χ0) is 11.0. The summed E-state index contributed by atoms with van der Waals surface area (Å²) in [6, 6.07) is 6.35. The normalized spacial score (nSPS) is 12.9. The first-order valence-electron chi connectivity index (χ1n) is 4.24. The molecule has 14 heavy (non-hydrogen) atoms. The van der Waals surface area contributed by atoms with Gasteiger partial charge < -0.3 is 5.11 Å². The standard InChI is InChI=1S/C10H14O3S/c1-10(2,11)8-5-4-6-9(7-8)14(3,12)13/h4-7,11H,1-3H3. The van der Waals surface area contributed by atoms with Crippen LogP contribution in [0.5, 0.6) is 0 Å². The molecule has 0 atom stereocenters. The summed E-state index contributed by atoms with van der Waals surface area (Å²) in [5.74, 6) is 0. The fourth-order valence-electron chi connectivity index (χ4n) is 1.11. The molecule has 0 bridgehead atoms. The molecule has 1 rings (SSSR count). The van der Waals surface area contributed by atoms with Crippen molar-refractivity contribution in [3.8, 4) is 0 Å². The molecule has 0 saturated heterocycles. The minimum Gasteiger partial charge on any atom is -0.386 e. The van der Waals surface area contributed by atoms with Gasteiger partial charge in [0.15, 0.2) is 9.84 Å². The number of rotatable bonds is 2. The van der Waals surface area contributed by atoms with Crippen LogP contribution in [0.1, 0.15) is 19.4 Å². The second kappa shape index (κ2) is 3.37. The van der Waals surface area contributed by atoms with Crippen molar-refractivity contribution in [3.05, 3.63) is 29.8 Å². The van der Waals surface area contributed by atoms with Crippen LogP contribution < -0.4 is 0 Å². The van der Waals surface area contributed by atoms with Gasteiger partial charge in [0.25, 0.3) is 0 Å². The molecule has 0 unspecified atom stereocenters. The van der Waals surface area contributed by atoms with E-state index in [0.29, 0.717) is 5.56 Å². The fraction of sp³-hybridized carbons (Fsp3) is 0.400. The highest BCUT2D eigenvalue weighted by atomic mass is 32.2. The molecule has 0 spiro atoms. The third-order valence-corrected chi connectivity index (χ3v) is 3.08.